The lowest BCUT2D eigenvalue weighted by Crippen LogP contribution is -2.36. The Morgan fingerprint density at radius 1 is 1.28 bits per heavy atom. The van der Waals surface area contributed by atoms with Gasteiger partial charge in [0, 0.05) is 19.5 Å². The predicted molar refractivity (Wildman–Crippen MR) is 76.6 cm³/mol. The van der Waals surface area contributed by atoms with Crippen LogP contribution < -0.4 is 5.32 Å². The van der Waals surface area contributed by atoms with Gasteiger partial charge in [-0.1, -0.05) is 26.2 Å². The first-order valence-electron chi connectivity index (χ1n) is 7.70. The van der Waals surface area contributed by atoms with Crippen LogP contribution in [0.3, 0.4) is 0 Å². The number of carbonyl (C=O) groups is 1. The molecule has 0 aromatic carbocycles. The molecule has 0 aromatic heterocycles. The summed E-state index contributed by atoms with van der Waals surface area (Å²) in [5.74, 6) is 1.12. The molecule has 1 fully saturated rings. The normalized spacial score (nSPS) is 16.8. The lowest BCUT2D eigenvalue weighted by Gasteiger charge is -2.29. The van der Waals surface area contributed by atoms with Crippen molar-refractivity contribution >= 4 is 5.91 Å². The third kappa shape index (κ3) is 5.85. The Kier molecular flexibility index (Phi) is 8.06. The Morgan fingerprint density at radius 2 is 2.00 bits per heavy atom. The molecular formula is C15H30N2O. The van der Waals surface area contributed by atoms with E-state index in [1.807, 2.05) is 7.05 Å². The fourth-order valence-corrected chi connectivity index (χ4v) is 2.84. The van der Waals surface area contributed by atoms with E-state index in [-0.39, 0.29) is 0 Å². The maximum absolute atomic E-state index is 12.2. The summed E-state index contributed by atoms with van der Waals surface area (Å²) in [5, 5.41) is 3.10. The number of rotatable bonds is 8. The molecule has 0 aromatic rings. The average molecular weight is 254 g/mol. The molecule has 1 N–H and O–H groups in total. The maximum atomic E-state index is 12.2. The van der Waals surface area contributed by atoms with Gasteiger partial charge in [0.15, 0.2) is 0 Å². The number of nitrogens with zero attached hydrogens (tertiary/aromatic N) is 1. The van der Waals surface area contributed by atoms with Crippen LogP contribution in [0.1, 0.15) is 58.3 Å². The zero-order chi connectivity index (χ0) is 13.2. The summed E-state index contributed by atoms with van der Waals surface area (Å²) in [6, 6.07) is 0. The summed E-state index contributed by atoms with van der Waals surface area (Å²) in [5.41, 5.74) is 0. The van der Waals surface area contributed by atoms with Gasteiger partial charge in [-0.15, -0.1) is 0 Å². The lowest BCUT2D eigenvalue weighted by atomic mass is 9.89. The average Bonchev–Trinajstić information content (AvgIpc) is 2.39. The molecule has 18 heavy (non-hydrogen) atoms. The molecule has 0 bridgehead atoms. The van der Waals surface area contributed by atoms with Gasteiger partial charge >= 0.3 is 0 Å². The number of carbonyl (C=O) groups excluding carboxylic acids is 1. The number of hydrogen-bond acceptors (Lipinski definition) is 2. The second kappa shape index (κ2) is 9.37. The number of amides is 1. The standard InChI is InChI=1S/C15H30N2O/c1-3-12-17(15(18)10-7-11-16-2)13-14-8-5-4-6-9-14/h14,16H,3-13H2,1-2H3. The number of hydrogen-bond donors (Lipinski definition) is 1. The van der Waals surface area contributed by atoms with E-state index in [2.05, 4.69) is 17.1 Å². The first-order valence-corrected chi connectivity index (χ1v) is 7.70. The SMILES string of the molecule is CCCN(CC1CCCCC1)C(=O)CCCNC. The van der Waals surface area contributed by atoms with E-state index < -0.39 is 0 Å². The Balaban J connectivity index is 2.34. The van der Waals surface area contributed by atoms with Gasteiger partial charge in [0.1, 0.15) is 0 Å². The summed E-state index contributed by atoms with van der Waals surface area (Å²) < 4.78 is 0. The molecule has 0 unspecified atom stereocenters. The Labute approximate surface area is 112 Å². The Hall–Kier alpha value is -0.570. The molecule has 1 aliphatic carbocycles. The summed E-state index contributed by atoms with van der Waals surface area (Å²) in [4.78, 5) is 14.3. The smallest absolute Gasteiger partial charge is 0.222 e. The third-order valence-corrected chi connectivity index (χ3v) is 3.87. The minimum Gasteiger partial charge on any atom is -0.342 e. The van der Waals surface area contributed by atoms with Crippen molar-refractivity contribution < 1.29 is 4.79 Å². The first kappa shape index (κ1) is 15.5. The topological polar surface area (TPSA) is 32.3 Å². The highest BCUT2D eigenvalue weighted by Gasteiger charge is 2.19. The summed E-state index contributed by atoms with van der Waals surface area (Å²) >= 11 is 0. The van der Waals surface area contributed by atoms with Crippen molar-refractivity contribution in [2.45, 2.75) is 58.3 Å². The Bertz CT molecular complexity index is 225. The molecule has 3 heteroatoms. The molecule has 0 radical (unpaired) electrons. The molecule has 0 spiro atoms. The van der Waals surface area contributed by atoms with Gasteiger partial charge in [-0.2, -0.15) is 0 Å². The van der Waals surface area contributed by atoms with Crippen molar-refractivity contribution in [2.24, 2.45) is 5.92 Å². The van der Waals surface area contributed by atoms with Crippen LogP contribution in [0.15, 0.2) is 0 Å². The molecule has 1 saturated carbocycles. The van der Waals surface area contributed by atoms with Gasteiger partial charge in [-0.25, -0.2) is 0 Å². The van der Waals surface area contributed by atoms with Crippen molar-refractivity contribution in [1.82, 2.24) is 10.2 Å². The quantitative estimate of drug-likeness (QED) is 0.676. The summed E-state index contributed by atoms with van der Waals surface area (Å²) in [7, 11) is 1.94. The van der Waals surface area contributed by atoms with E-state index in [0.29, 0.717) is 12.3 Å². The molecule has 1 amide bonds. The lowest BCUT2D eigenvalue weighted by molar-refractivity contribution is -0.132. The third-order valence-electron chi connectivity index (χ3n) is 3.87. The first-order chi connectivity index (χ1) is 8.77. The monoisotopic (exact) mass is 254 g/mol. The van der Waals surface area contributed by atoms with Crippen molar-refractivity contribution in [3.05, 3.63) is 0 Å². The highest BCUT2D eigenvalue weighted by molar-refractivity contribution is 5.76. The van der Waals surface area contributed by atoms with Crippen LogP contribution in [0.2, 0.25) is 0 Å². The summed E-state index contributed by atoms with van der Waals surface area (Å²) in [6.07, 6.45) is 9.49. The van der Waals surface area contributed by atoms with Crippen molar-refractivity contribution in [1.29, 1.82) is 0 Å². The van der Waals surface area contributed by atoms with Crippen LogP contribution in [0, 0.1) is 5.92 Å². The van der Waals surface area contributed by atoms with E-state index >= 15 is 0 Å². The Morgan fingerprint density at radius 3 is 2.61 bits per heavy atom. The van der Waals surface area contributed by atoms with Crippen LogP contribution in [0.5, 0.6) is 0 Å². The maximum Gasteiger partial charge on any atom is 0.222 e. The van der Waals surface area contributed by atoms with Crippen LogP contribution in [-0.2, 0) is 4.79 Å². The zero-order valence-electron chi connectivity index (χ0n) is 12.2. The molecule has 106 valence electrons. The molecule has 0 heterocycles. The van der Waals surface area contributed by atoms with E-state index in [9.17, 15) is 4.79 Å². The fourth-order valence-electron chi connectivity index (χ4n) is 2.84. The molecular weight excluding hydrogens is 224 g/mol. The van der Waals surface area contributed by atoms with Crippen LogP contribution in [0.4, 0.5) is 0 Å². The summed E-state index contributed by atoms with van der Waals surface area (Å²) in [6.45, 7) is 5.05. The molecule has 0 atom stereocenters. The zero-order valence-corrected chi connectivity index (χ0v) is 12.2. The molecule has 3 nitrogen and oxygen atoms in total. The molecule has 1 rings (SSSR count). The van der Waals surface area contributed by atoms with E-state index in [0.717, 1.165) is 38.4 Å². The molecule has 0 aliphatic heterocycles. The van der Waals surface area contributed by atoms with Crippen LogP contribution >= 0.6 is 0 Å². The van der Waals surface area contributed by atoms with Gasteiger partial charge in [-0.3, -0.25) is 4.79 Å². The second-order valence-electron chi connectivity index (χ2n) is 5.55. The predicted octanol–water partition coefficient (Wildman–Crippen LogP) is 2.80. The van der Waals surface area contributed by atoms with Gasteiger partial charge < -0.3 is 10.2 Å². The van der Waals surface area contributed by atoms with Crippen LogP contribution in [0.25, 0.3) is 0 Å². The van der Waals surface area contributed by atoms with Gasteiger partial charge in [0.05, 0.1) is 0 Å². The number of nitrogens with one attached hydrogen (secondary N) is 1. The van der Waals surface area contributed by atoms with E-state index in [4.69, 9.17) is 0 Å². The fraction of sp³-hybridized carbons (Fsp3) is 0.933. The molecule has 1 aliphatic rings. The van der Waals surface area contributed by atoms with Gasteiger partial charge in [-0.05, 0) is 45.2 Å². The van der Waals surface area contributed by atoms with E-state index in [1.165, 1.54) is 32.1 Å². The van der Waals surface area contributed by atoms with Crippen molar-refractivity contribution in [2.75, 3.05) is 26.7 Å². The van der Waals surface area contributed by atoms with Crippen molar-refractivity contribution in [3.8, 4) is 0 Å². The van der Waals surface area contributed by atoms with Crippen molar-refractivity contribution in [3.63, 3.8) is 0 Å². The van der Waals surface area contributed by atoms with Crippen LogP contribution in [-0.4, -0.2) is 37.5 Å². The highest BCUT2D eigenvalue weighted by atomic mass is 16.2. The molecule has 0 saturated heterocycles. The highest BCUT2D eigenvalue weighted by Crippen LogP contribution is 2.24. The van der Waals surface area contributed by atoms with Gasteiger partial charge in [0.2, 0.25) is 5.91 Å². The minimum atomic E-state index is 0.359. The van der Waals surface area contributed by atoms with E-state index in [1.54, 1.807) is 0 Å². The second-order valence-corrected chi connectivity index (χ2v) is 5.55. The van der Waals surface area contributed by atoms with Gasteiger partial charge in [0.25, 0.3) is 0 Å². The minimum absolute atomic E-state index is 0.359. The largest absolute Gasteiger partial charge is 0.342 e.